The Labute approximate surface area is 106 Å². The molecule has 3 atom stereocenters. The second kappa shape index (κ2) is 5.68. The largest absolute Gasteiger partial charge is 0.314 e. The van der Waals surface area contributed by atoms with E-state index >= 15 is 0 Å². The molecule has 1 fully saturated rings. The van der Waals surface area contributed by atoms with Gasteiger partial charge in [-0.3, -0.25) is 0 Å². The maximum Gasteiger partial charge on any atom is 0.00986 e. The average Bonchev–Trinajstić information content (AvgIpc) is 2.72. The number of hydrogen-bond donors (Lipinski definition) is 1. The van der Waals surface area contributed by atoms with E-state index in [2.05, 4.69) is 50.4 Å². The number of rotatable bonds is 4. The molecule has 1 aromatic carbocycles. The number of nitrogens with one attached hydrogen (secondary N) is 1. The van der Waals surface area contributed by atoms with Crippen molar-refractivity contribution in [2.45, 2.75) is 52.0 Å². The Kier molecular flexibility index (Phi) is 4.22. The van der Waals surface area contributed by atoms with Gasteiger partial charge in [0, 0.05) is 6.04 Å². The summed E-state index contributed by atoms with van der Waals surface area (Å²) in [6.07, 6.45) is 3.81. The van der Waals surface area contributed by atoms with Crippen molar-refractivity contribution in [3.05, 3.63) is 35.4 Å². The van der Waals surface area contributed by atoms with Crippen LogP contribution in [0.25, 0.3) is 0 Å². The van der Waals surface area contributed by atoms with Gasteiger partial charge in [-0.15, -0.1) is 0 Å². The highest BCUT2D eigenvalue weighted by Crippen LogP contribution is 2.39. The maximum atomic E-state index is 3.62. The first-order chi connectivity index (χ1) is 8.26. The summed E-state index contributed by atoms with van der Waals surface area (Å²) < 4.78 is 0. The lowest BCUT2D eigenvalue weighted by Gasteiger charge is -2.22. The molecule has 1 aliphatic carbocycles. The van der Waals surface area contributed by atoms with Gasteiger partial charge in [0.1, 0.15) is 0 Å². The van der Waals surface area contributed by atoms with Gasteiger partial charge in [-0.05, 0) is 48.8 Å². The van der Waals surface area contributed by atoms with Crippen LogP contribution in [0.5, 0.6) is 0 Å². The summed E-state index contributed by atoms with van der Waals surface area (Å²) in [5, 5.41) is 3.62. The maximum absolute atomic E-state index is 3.62. The molecule has 1 heteroatoms. The fourth-order valence-corrected chi connectivity index (χ4v) is 3.23. The van der Waals surface area contributed by atoms with Crippen molar-refractivity contribution in [1.82, 2.24) is 5.32 Å². The van der Waals surface area contributed by atoms with E-state index in [1.807, 2.05) is 0 Å². The second-order valence-electron chi connectivity index (χ2n) is 5.31. The fourth-order valence-electron chi connectivity index (χ4n) is 3.23. The average molecular weight is 231 g/mol. The molecule has 0 heterocycles. The number of hydrogen-bond acceptors (Lipinski definition) is 1. The van der Waals surface area contributed by atoms with E-state index < -0.39 is 0 Å². The molecule has 1 aliphatic rings. The topological polar surface area (TPSA) is 12.0 Å². The Bertz CT molecular complexity index is 358. The van der Waals surface area contributed by atoms with Gasteiger partial charge in [0.05, 0.1) is 0 Å². The van der Waals surface area contributed by atoms with Crippen LogP contribution in [-0.4, -0.2) is 12.6 Å². The molecule has 1 saturated carbocycles. The predicted molar refractivity (Wildman–Crippen MR) is 74.4 cm³/mol. The van der Waals surface area contributed by atoms with E-state index in [4.69, 9.17) is 0 Å². The Hall–Kier alpha value is -0.820. The third kappa shape index (κ3) is 2.71. The SMILES string of the molecule is CCNC1CCC(c2cccc(CC)c2)C1C. The van der Waals surface area contributed by atoms with Gasteiger partial charge in [-0.1, -0.05) is 45.0 Å². The van der Waals surface area contributed by atoms with Crippen molar-refractivity contribution >= 4 is 0 Å². The van der Waals surface area contributed by atoms with Crippen molar-refractivity contribution in [2.75, 3.05) is 6.54 Å². The normalized spacial score (nSPS) is 28.5. The van der Waals surface area contributed by atoms with Gasteiger partial charge in [0.15, 0.2) is 0 Å². The van der Waals surface area contributed by atoms with E-state index in [0.29, 0.717) is 0 Å². The van der Waals surface area contributed by atoms with E-state index in [-0.39, 0.29) is 0 Å². The zero-order valence-electron chi connectivity index (χ0n) is 11.4. The van der Waals surface area contributed by atoms with Crippen LogP contribution < -0.4 is 5.32 Å². The highest BCUT2D eigenvalue weighted by atomic mass is 14.9. The van der Waals surface area contributed by atoms with Crippen molar-refractivity contribution in [3.8, 4) is 0 Å². The molecular formula is C16H25N. The summed E-state index contributed by atoms with van der Waals surface area (Å²) in [6.45, 7) is 7.94. The Balaban J connectivity index is 2.12. The van der Waals surface area contributed by atoms with Crippen molar-refractivity contribution < 1.29 is 0 Å². The van der Waals surface area contributed by atoms with Crippen LogP contribution in [0.1, 0.15) is 50.7 Å². The fraction of sp³-hybridized carbons (Fsp3) is 0.625. The van der Waals surface area contributed by atoms with E-state index in [1.54, 1.807) is 5.56 Å². The summed E-state index contributed by atoms with van der Waals surface area (Å²) in [6, 6.07) is 9.91. The molecule has 1 nitrogen and oxygen atoms in total. The third-order valence-electron chi connectivity index (χ3n) is 4.31. The molecule has 0 bridgehead atoms. The van der Waals surface area contributed by atoms with E-state index in [1.165, 1.54) is 18.4 Å². The molecule has 17 heavy (non-hydrogen) atoms. The lowest BCUT2D eigenvalue weighted by Crippen LogP contribution is -2.32. The third-order valence-corrected chi connectivity index (χ3v) is 4.31. The van der Waals surface area contributed by atoms with Gasteiger partial charge in [0.25, 0.3) is 0 Å². The molecule has 3 unspecified atom stereocenters. The Morgan fingerprint density at radius 1 is 1.24 bits per heavy atom. The first kappa shape index (κ1) is 12.6. The van der Waals surface area contributed by atoms with E-state index in [9.17, 15) is 0 Å². The quantitative estimate of drug-likeness (QED) is 0.832. The molecule has 0 amide bonds. The summed E-state index contributed by atoms with van der Waals surface area (Å²) in [5.74, 6) is 1.52. The van der Waals surface area contributed by atoms with Gasteiger partial charge in [0.2, 0.25) is 0 Å². The number of aryl methyl sites for hydroxylation is 1. The molecule has 0 aliphatic heterocycles. The van der Waals surface area contributed by atoms with Gasteiger partial charge in [-0.25, -0.2) is 0 Å². The first-order valence-corrected chi connectivity index (χ1v) is 7.08. The van der Waals surface area contributed by atoms with Crippen LogP contribution in [0.3, 0.4) is 0 Å². The number of benzene rings is 1. The van der Waals surface area contributed by atoms with Crippen molar-refractivity contribution in [3.63, 3.8) is 0 Å². The van der Waals surface area contributed by atoms with Gasteiger partial charge >= 0.3 is 0 Å². The van der Waals surface area contributed by atoms with Gasteiger partial charge in [-0.2, -0.15) is 0 Å². The van der Waals surface area contributed by atoms with Gasteiger partial charge < -0.3 is 5.32 Å². The lowest BCUT2D eigenvalue weighted by molar-refractivity contribution is 0.412. The van der Waals surface area contributed by atoms with E-state index in [0.717, 1.165) is 30.8 Å². The molecular weight excluding hydrogens is 206 g/mol. The van der Waals surface area contributed by atoms with Crippen molar-refractivity contribution in [2.24, 2.45) is 5.92 Å². The summed E-state index contributed by atoms with van der Waals surface area (Å²) in [5.41, 5.74) is 3.03. The van der Waals surface area contributed by atoms with Crippen LogP contribution >= 0.6 is 0 Å². The minimum absolute atomic E-state index is 0.718. The highest BCUT2D eigenvalue weighted by molar-refractivity contribution is 5.28. The molecule has 2 rings (SSSR count). The lowest BCUT2D eigenvalue weighted by atomic mass is 9.88. The monoisotopic (exact) mass is 231 g/mol. The van der Waals surface area contributed by atoms with Crippen LogP contribution in [0, 0.1) is 5.92 Å². The molecule has 0 radical (unpaired) electrons. The van der Waals surface area contributed by atoms with Crippen LogP contribution in [0.4, 0.5) is 0 Å². The summed E-state index contributed by atoms with van der Waals surface area (Å²) in [7, 11) is 0. The molecule has 1 N–H and O–H groups in total. The Morgan fingerprint density at radius 3 is 2.76 bits per heavy atom. The smallest absolute Gasteiger partial charge is 0.00986 e. The van der Waals surface area contributed by atoms with Crippen LogP contribution in [-0.2, 0) is 6.42 Å². The zero-order chi connectivity index (χ0) is 12.3. The molecule has 0 aromatic heterocycles. The zero-order valence-corrected chi connectivity index (χ0v) is 11.4. The molecule has 1 aromatic rings. The summed E-state index contributed by atoms with van der Waals surface area (Å²) in [4.78, 5) is 0. The van der Waals surface area contributed by atoms with Crippen molar-refractivity contribution in [1.29, 1.82) is 0 Å². The minimum atomic E-state index is 0.718. The second-order valence-corrected chi connectivity index (χ2v) is 5.31. The van der Waals surface area contributed by atoms with Crippen LogP contribution in [0.2, 0.25) is 0 Å². The molecule has 0 saturated heterocycles. The molecule has 0 spiro atoms. The Morgan fingerprint density at radius 2 is 2.06 bits per heavy atom. The standard InChI is InChI=1S/C16H25N/c1-4-13-7-6-8-14(11-13)15-9-10-16(12(15)3)17-5-2/h6-8,11-12,15-17H,4-5,9-10H2,1-3H3. The summed E-state index contributed by atoms with van der Waals surface area (Å²) >= 11 is 0. The predicted octanol–water partition coefficient (Wildman–Crippen LogP) is 3.74. The first-order valence-electron chi connectivity index (χ1n) is 7.08. The minimum Gasteiger partial charge on any atom is -0.314 e. The highest BCUT2D eigenvalue weighted by Gasteiger charge is 2.32. The van der Waals surface area contributed by atoms with Crippen LogP contribution in [0.15, 0.2) is 24.3 Å². The molecule has 94 valence electrons.